The first-order valence-electron chi connectivity index (χ1n) is 9.46. The average Bonchev–Trinajstić information content (AvgIpc) is 3.22. The molecular weight excluding hydrogens is 412 g/mol. The summed E-state index contributed by atoms with van der Waals surface area (Å²) in [6.07, 6.45) is 0. The molecule has 4 rings (SSSR count). The van der Waals surface area contributed by atoms with Crippen LogP contribution in [-0.2, 0) is 0 Å². The number of carbonyl (C=O) groups is 2. The molecule has 2 N–H and O–H groups in total. The number of hydrogen-bond donors (Lipinski definition) is 2. The number of para-hydroxylation sites is 1. The van der Waals surface area contributed by atoms with Gasteiger partial charge in [-0.1, -0.05) is 42.5 Å². The number of nitro groups is 1. The molecule has 0 fully saturated rings. The number of nitrogens with zero attached hydrogens (tertiary/aromatic N) is 4. The fourth-order valence-electron chi connectivity index (χ4n) is 2.89. The topological polar surface area (TPSA) is 132 Å². The van der Waals surface area contributed by atoms with Gasteiger partial charge in [0.15, 0.2) is 0 Å². The Kier molecular flexibility index (Phi) is 5.66. The molecule has 0 radical (unpaired) electrons. The molecule has 158 valence electrons. The van der Waals surface area contributed by atoms with E-state index in [-0.39, 0.29) is 23.1 Å². The molecule has 0 aliphatic heterocycles. The smallest absolute Gasteiger partial charge is 0.270 e. The Morgan fingerprint density at radius 1 is 0.812 bits per heavy atom. The Morgan fingerprint density at radius 3 is 2.12 bits per heavy atom. The van der Waals surface area contributed by atoms with Gasteiger partial charge in [-0.2, -0.15) is 9.67 Å². The second kappa shape index (κ2) is 8.88. The van der Waals surface area contributed by atoms with Crippen molar-refractivity contribution < 1.29 is 14.5 Å². The van der Waals surface area contributed by atoms with Gasteiger partial charge in [0.05, 0.1) is 10.6 Å². The van der Waals surface area contributed by atoms with Gasteiger partial charge in [0.25, 0.3) is 23.5 Å². The molecule has 0 saturated heterocycles. The maximum absolute atomic E-state index is 12.7. The fraction of sp³-hybridized carbons (Fsp3) is 0. The van der Waals surface area contributed by atoms with Crippen LogP contribution in [0, 0.1) is 10.1 Å². The number of rotatable bonds is 6. The summed E-state index contributed by atoms with van der Waals surface area (Å²) in [6, 6.07) is 22.8. The summed E-state index contributed by atoms with van der Waals surface area (Å²) in [7, 11) is 0. The molecule has 10 heteroatoms. The van der Waals surface area contributed by atoms with Crippen molar-refractivity contribution in [2.24, 2.45) is 0 Å². The van der Waals surface area contributed by atoms with Crippen LogP contribution in [0.3, 0.4) is 0 Å². The second-order valence-electron chi connectivity index (χ2n) is 6.59. The predicted molar refractivity (Wildman–Crippen MR) is 117 cm³/mol. The maximum atomic E-state index is 12.7. The van der Waals surface area contributed by atoms with Crippen molar-refractivity contribution >= 4 is 29.4 Å². The summed E-state index contributed by atoms with van der Waals surface area (Å²) in [4.78, 5) is 39.8. The molecule has 0 saturated carbocycles. The number of carbonyl (C=O) groups excluding carboxylic acids is 2. The highest BCUT2D eigenvalue weighted by Crippen LogP contribution is 2.19. The zero-order valence-corrected chi connectivity index (χ0v) is 16.5. The lowest BCUT2D eigenvalue weighted by Gasteiger charge is -2.07. The number of hydrogen-bond acceptors (Lipinski definition) is 6. The summed E-state index contributed by atoms with van der Waals surface area (Å²) < 4.78 is 1.36. The van der Waals surface area contributed by atoms with Crippen molar-refractivity contribution in [2.75, 3.05) is 10.6 Å². The molecule has 0 unspecified atom stereocenters. The molecule has 0 spiro atoms. The highest BCUT2D eigenvalue weighted by molar-refractivity contribution is 6.05. The summed E-state index contributed by atoms with van der Waals surface area (Å²) in [5.41, 5.74) is 0.884. The van der Waals surface area contributed by atoms with E-state index in [4.69, 9.17) is 0 Å². The molecule has 0 atom stereocenters. The minimum atomic E-state index is -0.612. The van der Waals surface area contributed by atoms with Gasteiger partial charge < -0.3 is 0 Å². The molecule has 10 nitrogen and oxygen atoms in total. The van der Waals surface area contributed by atoms with E-state index in [2.05, 4.69) is 20.7 Å². The van der Waals surface area contributed by atoms with Gasteiger partial charge in [0.2, 0.25) is 5.95 Å². The number of aromatic nitrogens is 3. The van der Waals surface area contributed by atoms with Gasteiger partial charge in [-0.3, -0.25) is 30.3 Å². The van der Waals surface area contributed by atoms with Crippen LogP contribution in [-0.4, -0.2) is 31.5 Å². The molecule has 0 aliphatic carbocycles. The van der Waals surface area contributed by atoms with Gasteiger partial charge in [-0.25, -0.2) is 0 Å². The highest BCUT2D eigenvalue weighted by Gasteiger charge is 2.18. The molecule has 0 bridgehead atoms. The lowest BCUT2D eigenvalue weighted by molar-refractivity contribution is -0.384. The summed E-state index contributed by atoms with van der Waals surface area (Å²) in [5.74, 6) is -1.00. The third-order valence-electron chi connectivity index (χ3n) is 4.41. The first-order valence-corrected chi connectivity index (χ1v) is 9.46. The second-order valence-corrected chi connectivity index (χ2v) is 6.59. The normalized spacial score (nSPS) is 10.4. The minimum absolute atomic E-state index is 0.0166. The van der Waals surface area contributed by atoms with E-state index in [1.54, 1.807) is 54.6 Å². The lowest BCUT2D eigenvalue weighted by Crippen LogP contribution is -2.16. The van der Waals surface area contributed by atoms with E-state index in [0.29, 0.717) is 11.3 Å². The van der Waals surface area contributed by atoms with Gasteiger partial charge in [0, 0.05) is 23.3 Å². The van der Waals surface area contributed by atoms with Gasteiger partial charge >= 0.3 is 0 Å². The van der Waals surface area contributed by atoms with E-state index in [9.17, 15) is 19.7 Å². The van der Waals surface area contributed by atoms with Crippen molar-refractivity contribution in [1.82, 2.24) is 14.8 Å². The number of nitro benzene ring substituents is 1. The number of non-ortho nitro benzene ring substituents is 1. The van der Waals surface area contributed by atoms with E-state index < -0.39 is 16.7 Å². The van der Waals surface area contributed by atoms with E-state index in [1.807, 2.05) is 6.07 Å². The van der Waals surface area contributed by atoms with Gasteiger partial charge in [-0.05, 0) is 30.3 Å². The zero-order valence-electron chi connectivity index (χ0n) is 16.5. The zero-order chi connectivity index (χ0) is 22.5. The van der Waals surface area contributed by atoms with E-state index in [0.717, 1.165) is 6.07 Å². The number of benzene rings is 3. The Balaban J connectivity index is 1.64. The SMILES string of the molecule is O=C(Nc1nc(NC(=O)c2cccc([N+](=O)[O-])c2)n(-c2ccccc2)n1)c1ccccc1. The van der Waals surface area contributed by atoms with Gasteiger partial charge in [-0.15, -0.1) is 5.10 Å². The van der Waals surface area contributed by atoms with Crippen LogP contribution in [0.2, 0.25) is 0 Å². The van der Waals surface area contributed by atoms with Crippen LogP contribution in [0.15, 0.2) is 84.9 Å². The monoisotopic (exact) mass is 428 g/mol. The molecule has 1 aromatic heterocycles. The number of nitrogens with one attached hydrogen (secondary N) is 2. The van der Waals surface area contributed by atoms with E-state index >= 15 is 0 Å². The molecule has 2 amide bonds. The van der Waals surface area contributed by atoms with Crippen molar-refractivity contribution in [3.63, 3.8) is 0 Å². The van der Waals surface area contributed by atoms with Crippen LogP contribution < -0.4 is 10.6 Å². The van der Waals surface area contributed by atoms with Crippen molar-refractivity contribution in [3.8, 4) is 5.69 Å². The van der Waals surface area contributed by atoms with Crippen molar-refractivity contribution in [1.29, 1.82) is 0 Å². The first kappa shape index (κ1) is 20.4. The highest BCUT2D eigenvalue weighted by atomic mass is 16.6. The Hall–Kier alpha value is -4.86. The Bertz CT molecular complexity index is 1290. The minimum Gasteiger partial charge on any atom is -0.290 e. The fourth-order valence-corrected chi connectivity index (χ4v) is 2.89. The third kappa shape index (κ3) is 4.49. The summed E-state index contributed by atoms with van der Waals surface area (Å²) in [5, 5.41) is 20.5. The maximum Gasteiger partial charge on any atom is 0.270 e. The number of anilines is 2. The quantitative estimate of drug-likeness (QED) is 0.356. The Labute approximate surface area is 181 Å². The molecule has 32 heavy (non-hydrogen) atoms. The van der Waals surface area contributed by atoms with Crippen LogP contribution in [0.25, 0.3) is 5.69 Å². The first-order chi connectivity index (χ1) is 15.5. The largest absolute Gasteiger partial charge is 0.290 e. The molecule has 3 aromatic carbocycles. The molecular formula is C22H16N6O4. The molecule has 1 heterocycles. The summed E-state index contributed by atoms with van der Waals surface area (Å²) >= 11 is 0. The van der Waals surface area contributed by atoms with Crippen LogP contribution >= 0.6 is 0 Å². The van der Waals surface area contributed by atoms with Crippen molar-refractivity contribution in [2.45, 2.75) is 0 Å². The average molecular weight is 428 g/mol. The summed E-state index contributed by atoms with van der Waals surface area (Å²) in [6.45, 7) is 0. The van der Waals surface area contributed by atoms with Crippen LogP contribution in [0.5, 0.6) is 0 Å². The molecule has 0 aliphatic rings. The van der Waals surface area contributed by atoms with Crippen LogP contribution in [0.4, 0.5) is 17.6 Å². The lowest BCUT2D eigenvalue weighted by atomic mass is 10.2. The van der Waals surface area contributed by atoms with Crippen LogP contribution in [0.1, 0.15) is 20.7 Å². The predicted octanol–water partition coefficient (Wildman–Crippen LogP) is 3.68. The van der Waals surface area contributed by atoms with Gasteiger partial charge in [0.1, 0.15) is 0 Å². The third-order valence-corrected chi connectivity index (χ3v) is 4.41. The molecule has 4 aromatic rings. The number of amides is 2. The van der Waals surface area contributed by atoms with Crippen molar-refractivity contribution in [3.05, 3.63) is 106 Å². The van der Waals surface area contributed by atoms with E-state index in [1.165, 1.54) is 22.9 Å². The Morgan fingerprint density at radius 2 is 1.44 bits per heavy atom. The standard InChI is InChI=1S/C22H16N6O4/c29-19(15-8-3-1-4-9-15)23-21-25-22(27(26-21)17-11-5-2-6-12-17)24-20(30)16-10-7-13-18(14-16)28(31)32/h1-14H,(H2,23,24,25,26,29,30).